The van der Waals surface area contributed by atoms with Crippen molar-refractivity contribution in [1.82, 2.24) is 14.3 Å². The van der Waals surface area contributed by atoms with Crippen molar-refractivity contribution in [3.8, 4) is 5.75 Å². The summed E-state index contributed by atoms with van der Waals surface area (Å²) in [6.07, 6.45) is 3.63. The van der Waals surface area contributed by atoms with Crippen molar-refractivity contribution in [2.75, 3.05) is 14.1 Å². The predicted octanol–water partition coefficient (Wildman–Crippen LogP) is 3.78. The number of imidazole rings is 1. The molecular formula is C19H21N3O2S. The molecule has 1 unspecified atom stereocenters. The van der Waals surface area contributed by atoms with Crippen LogP contribution in [-0.4, -0.2) is 34.3 Å². The Bertz CT molecular complexity index is 957. The van der Waals surface area contributed by atoms with Crippen molar-refractivity contribution in [1.29, 1.82) is 0 Å². The number of aromatic nitrogens is 2. The Morgan fingerprint density at radius 2 is 2.20 bits per heavy atom. The maximum absolute atomic E-state index is 12.7. The summed E-state index contributed by atoms with van der Waals surface area (Å²) in [5.41, 5.74) is 4.48. The second kappa shape index (κ2) is 5.88. The van der Waals surface area contributed by atoms with Gasteiger partial charge in [-0.2, -0.15) is 0 Å². The SMILES string of the molecule is Cc1nc2c3c(c(C(=O)N(C)C)cn2c1C)CCC(c1cccs1)O3. The summed E-state index contributed by atoms with van der Waals surface area (Å²) in [7, 11) is 3.56. The largest absolute Gasteiger partial charge is 0.481 e. The zero-order valence-corrected chi connectivity index (χ0v) is 15.7. The highest BCUT2D eigenvalue weighted by atomic mass is 32.1. The average molecular weight is 355 g/mol. The highest BCUT2D eigenvalue weighted by Gasteiger charge is 2.30. The molecule has 6 heteroatoms. The topological polar surface area (TPSA) is 46.8 Å². The quantitative estimate of drug-likeness (QED) is 0.703. The molecule has 0 spiro atoms. The summed E-state index contributed by atoms with van der Waals surface area (Å²) >= 11 is 1.71. The Labute approximate surface area is 150 Å². The second-order valence-electron chi connectivity index (χ2n) is 6.69. The fourth-order valence-electron chi connectivity index (χ4n) is 3.36. The zero-order valence-electron chi connectivity index (χ0n) is 14.9. The molecule has 0 radical (unpaired) electrons. The molecule has 3 aromatic rings. The standard InChI is InChI=1S/C19H21N3O2S/c1-11-12(2)22-10-14(19(23)21(3)4)13-7-8-15(16-6-5-9-25-16)24-17(13)18(22)20-11/h5-6,9-10,15H,7-8H2,1-4H3. The van der Waals surface area contributed by atoms with Crippen molar-refractivity contribution in [2.24, 2.45) is 0 Å². The lowest BCUT2D eigenvalue weighted by molar-refractivity contribution is 0.0823. The molecule has 130 valence electrons. The van der Waals surface area contributed by atoms with Crippen molar-refractivity contribution in [3.63, 3.8) is 0 Å². The molecule has 0 aromatic carbocycles. The van der Waals surface area contributed by atoms with Gasteiger partial charge in [0.15, 0.2) is 11.4 Å². The van der Waals surface area contributed by atoms with Gasteiger partial charge in [-0.3, -0.25) is 4.79 Å². The number of ether oxygens (including phenoxy) is 1. The van der Waals surface area contributed by atoms with E-state index in [2.05, 4.69) is 11.4 Å². The smallest absolute Gasteiger partial charge is 0.255 e. The number of carbonyl (C=O) groups excluding carboxylic acids is 1. The third-order valence-electron chi connectivity index (χ3n) is 4.86. The van der Waals surface area contributed by atoms with Gasteiger partial charge in [-0.1, -0.05) is 6.07 Å². The van der Waals surface area contributed by atoms with E-state index in [1.807, 2.05) is 30.5 Å². The lowest BCUT2D eigenvalue weighted by atomic mass is 9.97. The lowest BCUT2D eigenvalue weighted by Gasteiger charge is -2.28. The van der Waals surface area contributed by atoms with Gasteiger partial charge in [0.1, 0.15) is 6.10 Å². The Morgan fingerprint density at radius 3 is 2.88 bits per heavy atom. The number of hydrogen-bond donors (Lipinski definition) is 0. The van der Waals surface area contributed by atoms with Crippen molar-refractivity contribution in [2.45, 2.75) is 32.8 Å². The minimum atomic E-state index is 0.00192. The van der Waals surface area contributed by atoms with Crippen molar-refractivity contribution >= 4 is 22.9 Å². The van der Waals surface area contributed by atoms with Crippen LogP contribution in [0.25, 0.3) is 5.65 Å². The van der Waals surface area contributed by atoms with Crippen LogP contribution in [-0.2, 0) is 6.42 Å². The number of carbonyl (C=O) groups is 1. The van der Waals surface area contributed by atoms with E-state index in [1.54, 1.807) is 30.3 Å². The Hall–Kier alpha value is -2.34. The van der Waals surface area contributed by atoms with Gasteiger partial charge in [-0.15, -0.1) is 11.3 Å². The fraction of sp³-hybridized carbons (Fsp3) is 0.368. The first-order valence-corrected chi connectivity index (χ1v) is 9.28. The maximum Gasteiger partial charge on any atom is 0.255 e. The molecule has 0 fully saturated rings. The molecule has 0 saturated carbocycles. The Morgan fingerprint density at radius 1 is 1.40 bits per heavy atom. The highest BCUT2D eigenvalue weighted by molar-refractivity contribution is 7.10. The Balaban J connectivity index is 1.92. The van der Waals surface area contributed by atoms with E-state index in [0.717, 1.165) is 41.2 Å². The van der Waals surface area contributed by atoms with Crippen LogP contribution in [0.4, 0.5) is 0 Å². The predicted molar refractivity (Wildman–Crippen MR) is 98.7 cm³/mol. The average Bonchev–Trinajstić information content (AvgIpc) is 3.23. The van der Waals surface area contributed by atoms with Crippen LogP contribution in [0.1, 0.15) is 44.7 Å². The summed E-state index contributed by atoms with van der Waals surface area (Å²) in [5, 5.41) is 2.07. The first-order valence-electron chi connectivity index (χ1n) is 8.40. The third kappa shape index (κ3) is 2.52. The number of fused-ring (bicyclic) bond motifs is 3. The number of pyridine rings is 1. The second-order valence-corrected chi connectivity index (χ2v) is 7.67. The molecule has 4 rings (SSSR count). The number of nitrogens with zero attached hydrogens (tertiary/aromatic N) is 3. The molecule has 5 nitrogen and oxygen atoms in total. The van der Waals surface area contributed by atoms with E-state index in [4.69, 9.17) is 9.72 Å². The first-order chi connectivity index (χ1) is 12.0. The van der Waals surface area contributed by atoms with Gasteiger partial charge in [0.25, 0.3) is 5.91 Å². The van der Waals surface area contributed by atoms with Gasteiger partial charge in [-0.05, 0) is 38.1 Å². The summed E-state index contributed by atoms with van der Waals surface area (Å²) in [4.78, 5) is 20.3. The monoisotopic (exact) mass is 355 g/mol. The fourth-order valence-corrected chi connectivity index (χ4v) is 4.15. The molecule has 1 aliphatic heterocycles. The lowest BCUT2D eigenvalue weighted by Crippen LogP contribution is -2.26. The number of hydrogen-bond acceptors (Lipinski definition) is 4. The molecule has 4 heterocycles. The van der Waals surface area contributed by atoms with Gasteiger partial charge in [-0.25, -0.2) is 4.98 Å². The van der Waals surface area contributed by atoms with Crippen LogP contribution in [0, 0.1) is 13.8 Å². The van der Waals surface area contributed by atoms with E-state index < -0.39 is 0 Å². The number of aryl methyl sites for hydroxylation is 2. The van der Waals surface area contributed by atoms with Crippen LogP contribution < -0.4 is 4.74 Å². The van der Waals surface area contributed by atoms with Crippen LogP contribution in [0.2, 0.25) is 0 Å². The van der Waals surface area contributed by atoms with Crippen molar-refractivity contribution in [3.05, 3.63) is 51.1 Å². The number of thiophene rings is 1. The summed E-state index contributed by atoms with van der Waals surface area (Å²) in [6, 6.07) is 4.15. The molecule has 1 aliphatic rings. The van der Waals surface area contributed by atoms with Crippen LogP contribution in [0.3, 0.4) is 0 Å². The molecular weight excluding hydrogens is 334 g/mol. The number of amides is 1. The van der Waals surface area contributed by atoms with E-state index in [-0.39, 0.29) is 12.0 Å². The number of rotatable bonds is 2. The van der Waals surface area contributed by atoms with E-state index in [1.165, 1.54) is 4.88 Å². The molecule has 1 amide bonds. The molecule has 0 N–H and O–H groups in total. The molecule has 0 aliphatic carbocycles. The van der Waals surface area contributed by atoms with Crippen LogP contribution in [0.5, 0.6) is 5.75 Å². The van der Waals surface area contributed by atoms with Gasteiger partial charge >= 0.3 is 0 Å². The summed E-state index contributed by atoms with van der Waals surface area (Å²) in [5.74, 6) is 0.760. The van der Waals surface area contributed by atoms with Gasteiger partial charge in [0.2, 0.25) is 0 Å². The summed E-state index contributed by atoms with van der Waals surface area (Å²) < 4.78 is 8.37. The maximum atomic E-state index is 12.7. The zero-order chi connectivity index (χ0) is 17.7. The first kappa shape index (κ1) is 16.1. The highest BCUT2D eigenvalue weighted by Crippen LogP contribution is 2.41. The minimum absolute atomic E-state index is 0.00192. The van der Waals surface area contributed by atoms with Crippen molar-refractivity contribution < 1.29 is 9.53 Å². The molecule has 0 bridgehead atoms. The van der Waals surface area contributed by atoms with Crippen LogP contribution in [0.15, 0.2) is 23.7 Å². The molecule has 1 atom stereocenters. The summed E-state index contributed by atoms with van der Waals surface area (Å²) in [6.45, 7) is 4.01. The minimum Gasteiger partial charge on any atom is -0.481 e. The third-order valence-corrected chi connectivity index (χ3v) is 5.83. The molecule has 3 aromatic heterocycles. The molecule has 0 saturated heterocycles. The van der Waals surface area contributed by atoms with Gasteiger partial charge in [0, 0.05) is 36.4 Å². The van der Waals surface area contributed by atoms with E-state index in [0.29, 0.717) is 5.56 Å². The van der Waals surface area contributed by atoms with Crippen LogP contribution >= 0.6 is 11.3 Å². The van der Waals surface area contributed by atoms with E-state index >= 15 is 0 Å². The molecule has 25 heavy (non-hydrogen) atoms. The normalized spacial score (nSPS) is 16.6. The Kier molecular flexibility index (Phi) is 3.80. The van der Waals surface area contributed by atoms with Gasteiger partial charge < -0.3 is 14.0 Å². The van der Waals surface area contributed by atoms with E-state index in [9.17, 15) is 4.79 Å². The van der Waals surface area contributed by atoms with Gasteiger partial charge in [0.05, 0.1) is 11.3 Å².